The summed E-state index contributed by atoms with van der Waals surface area (Å²) in [5, 5.41) is 0. The lowest BCUT2D eigenvalue weighted by Crippen LogP contribution is -2.55. The van der Waals surface area contributed by atoms with Gasteiger partial charge in [0.15, 0.2) is 0 Å². The Morgan fingerprint density at radius 1 is 1.15 bits per heavy atom. The van der Waals surface area contributed by atoms with Gasteiger partial charge in [0.2, 0.25) is 0 Å². The highest BCUT2D eigenvalue weighted by Gasteiger charge is 2.47. The third-order valence-corrected chi connectivity index (χ3v) is 5.21. The van der Waals surface area contributed by atoms with Crippen LogP contribution in [-0.2, 0) is 0 Å². The molecule has 3 heteroatoms. The number of aromatic nitrogens is 1. The Balaban J connectivity index is 1.61. The lowest BCUT2D eigenvalue weighted by molar-refractivity contribution is -0.0663. The van der Waals surface area contributed by atoms with Crippen molar-refractivity contribution in [2.24, 2.45) is 17.8 Å². The summed E-state index contributed by atoms with van der Waals surface area (Å²) in [5.41, 5.74) is 1.37. The Hall–Kier alpha value is -1.09. The summed E-state index contributed by atoms with van der Waals surface area (Å²) in [6.45, 7) is 6.73. The molecule has 4 fully saturated rings. The SMILES string of the molecule is CC(C)Oc1cncc(C2C3CC4CC(C3)CN2C4)c1. The van der Waals surface area contributed by atoms with Crippen LogP contribution in [0.1, 0.15) is 44.7 Å². The molecule has 3 atom stereocenters. The second-order valence-electron chi connectivity index (χ2n) is 7.22. The van der Waals surface area contributed by atoms with E-state index >= 15 is 0 Å². The van der Waals surface area contributed by atoms with Gasteiger partial charge in [0.1, 0.15) is 5.75 Å². The molecular formula is C17H24N2O. The van der Waals surface area contributed by atoms with Crippen molar-refractivity contribution in [2.45, 2.75) is 45.3 Å². The molecule has 4 aliphatic rings. The van der Waals surface area contributed by atoms with Crippen LogP contribution >= 0.6 is 0 Å². The van der Waals surface area contributed by atoms with E-state index in [1.807, 2.05) is 6.20 Å². The predicted octanol–water partition coefficient (Wildman–Crippen LogP) is 3.27. The Morgan fingerprint density at radius 3 is 2.55 bits per heavy atom. The molecule has 3 unspecified atom stereocenters. The maximum atomic E-state index is 5.82. The zero-order valence-corrected chi connectivity index (χ0v) is 12.5. The molecule has 4 heterocycles. The van der Waals surface area contributed by atoms with Gasteiger partial charge in [-0.15, -0.1) is 0 Å². The van der Waals surface area contributed by atoms with Gasteiger partial charge in [-0.25, -0.2) is 0 Å². The first-order valence-electron chi connectivity index (χ1n) is 8.04. The molecule has 3 saturated heterocycles. The zero-order valence-electron chi connectivity index (χ0n) is 12.5. The highest BCUT2D eigenvalue weighted by Crippen LogP contribution is 2.52. The summed E-state index contributed by atoms with van der Waals surface area (Å²) in [5.74, 6) is 3.70. The number of ether oxygens (including phenoxy) is 1. The van der Waals surface area contributed by atoms with E-state index < -0.39 is 0 Å². The molecule has 20 heavy (non-hydrogen) atoms. The van der Waals surface area contributed by atoms with E-state index in [9.17, 15) is 0 Å². The van der Waals surface area contributed by atoms with E-state index in [4.69, 9.17) is 4.74 Å². The number of rotatable bonds is 3. The Bertz CT molecular complexity index is 472. The average Bonchev–Trinajstić information content (AvgIpc) is 2.37. The monoisotopic (exact) mass is 272 g/mol. The van der Waals surface area contributed by atoms with Gasteiger partial charge in [-0.2, -0.15) is 0 Å². The van der Waals surface area contributed by atoms with Crippen LogP contribution in [0.3, 0.4) is 0 Å². The van der Waals surface area contributed by atoms with Crippen molar-refractivity contribution in [3.8, 4) is 5.75 Å². The maximum absolute atomic E-state index is 5.82. The van der Waals surface area contributed by atoms with Crippen LogP contribution in [0.5, 0.6) is 5.75 Å². The Morgan fingerprint density at radius 2 is 1.90 bits per heavy atom. The predicted molar refractivity (Wildman–Crippen MR) is 78.6 cm³/mol. The third kappa shape index (κ3) is 2.12. The van der Waals surface area contributed by atoms with Gasteiger partial charge >= 0.3 is 0 Å². The van der Waals surface area contributed by atoms with Gasteiger partial charge in [0.05, 0.1) is 12.3 Å². The molecule has 0 amide bonds. The first kappa shape index (κ1) is 12.6. The molecule has 1 aromatic heterocycles. The van der Waals surface area contributed by atoms with Gasteiger partial charge < -0.3 is 4.74 Å². The molecule has 5 rings (SSSR count). The van der Waals surface area contributed by atoms with E-state index in [-0.39, 0.29) is 6.10 Å². The van der Waals surface area contributed by atoms with E-state index in [0.717, 1.165) is 23.5 Å². The summed E-state index contributed by atoms with van der Waals surface area (Å²) in [6, 6.07) is 2.81. The Labute approximate surface area is 121 Å². The van der Waals surface area contributed by atoms with E-state index in [0.29, 0.717) is 6.04 Å². The molecule has 0 aromatic carbocycles. The minimum Gasteiger partial charge on any atom is -0.489 e. The first-order chi connectivity index (χ1) is 9.69. The number of hydrogen-bond donors (Lipinski definition) is 0. The smallest absolute Gasteiger partial charge is 0.138 e. The van der Waals surface area contributed by atoms with Crippen LogP contribution in [0.25, 0.3) is 0 Å². The molecule has 4 bridgehead atoms. The van der Waals surface area contributed by atoms with Gasteiger partial charge in [0, 0.05) is 25.3 Å². The normalized spacial score (nSPS) is 38.5. The molecule has 0 spiro atoms. The summed E-state index contributed by atoms with van der Waals surface area (Å²) >= 11 is 0. The molecule has 0 radical (unpaired) electrons. The standard InChI is InChI=1S/C17H24N2O/c1-11(2)20-16-6-15(7-18-8-16)17-14-4-12-3-13(5-14)10-19(17)9-12/h6-8,11-14,17H,3-5,9-10H2,1-2H3. The van der Waals surface area contributed by atoms with E-state index in [1.165, 1.54) is 37.9 Å². The molecule has 108 valence electrons. The average molecular weight is 272 g/mol. The van der Waals surface area contributed by atoms with Crippen LogP contribution in [0.15, 0.2) is 18.5 Å². The minimum absolute atomic E-state index is 0.214. The van der Waals surface area contributed by atoms with Crippen molar-refractivity contribution in [2.75, 3.05) is 13.1 Å². The van der Waals surface area contributed by atoms with Crippen molar-refractivity contribution < 1.29 is 4.74 Å². The van der Waals surface area contributed by atoms with Gasteiger partial charge in [-0.1, -0.05) is 0 Å². The van der Waals surface area contributed by atoms with Crippen molar-refractivity contribution in [1.82, 2.24) is 9.88 Å². The molecule has 1 saturated carbocycles. The van der Waals surface area contributed by atoms with Crippen LogP contribution < -0.4 is 4.74 Å². The molecule has 1 aliphatic carbocycles. The zero-order chi connectivity index (χ0) is 13.7. The largest absolute Gasteiger partial charge is 0.489 e. The van der Waals surface area contributed by atoms with Gasteiger partial charge in [-0.05, 0) is 62.5 Å². The van der Waals surface area contributed by atoms with Crippen LogP contribution in [-0.4, -0.2) is 29.1 Å². The summed E-state index contributed by atoms with van der Waals surface area (Å²) in [4.78, 5) is 7.13. The molecular weight excluding hydrogens is 248 g/mol. The van der Waals surface area contributed by atoms with Crippen LogP contribution in [0.4, 0.5) is 0 Å². The fourth-order valence-electron chi connectivity index (χ4n) is 4.85. The number of pyridine rings is 1. The molecule has 0 N–H and O–H groups in total. The summed E-state index contributed by atoms with van der Waals surface area (Å²) < 4.78 is 5.82. The molecule has 3 nitrogen and oxygen atoms in total. The van der Waals surface area contributed by atoms with Crippen molar-refractivity contribution in [3.05, 3.63) is 24.0 Å². The first-order valence-corrected chi connectivity index (χ1v) is 8.04. The van der Waals surface area contributed by atoms with Crippen molar-refractivity contribution in [1.29, 1.82) is 0 Å². The quantitative estimate of drug-likeness (QED) is 0.844. The maximum Gasteiger partial charge on any atom is 0.138 e. The fraction of sp³-hybridized carbons (Fsp3) is 0.706. The lowest BCUT2D eigenvalue weighted by Gasteiger charge is -2.56. The molecule has 3 aliphatic heterocycles. The number of piperidine rings is 3. The summed E-state index contributed by atoms with van der Waals surface area (Å²) in [6.07, 6.45) is 8.44. The van der Waals surface area contributed by atoms with E-state index in [2.05, 4.69) is 36.0 Å². The lowest BCUT2D eigenvalue weighted by atomic mass is 9.64. The van der Waals surface area contributed by atoms with Crippen LogP contribution in [0, 0.1) is 17.8 Å². The topological polar surface area (TPSA) is 25.4 Å². The number of hydrogen-bond acceptors (Lipinski definition) is 3. The minimum atomic E-state index is 0.214. The van der Waals surface area contributed by atoms with Gasteiger partial charge in [0.25, 0.3) is 0 Å². The second-order valence-corrected chi connectivity index (χ2v) is 7.22. The third-order valence-electron chi connectivity index (χ3n) is 5.21. The number of nitrogens with zero attached hydrogens (tertiary/aromatic N) is 2. The van der Waals surface area contributed by atoms with Crippen LogP contribution in [0.2, 0.25) is 0 Å². The highest BCUT2D eigenvalue weighted by atomic mass is 16.5. The van der Waals surface area contributed by atoms with Gasteiger partial charge in [-0.3, -0.25) is 9.88 Å². The highest BCUT2D eigenvalue weighted by molar-refractivity contribution is 5.28. The second kappa shape index (κ2) is 4.73. The Kier molecular flexibility index (Phi) is 2.99. The van der Waals surface area contributed by atoms with E-state index in [1.54, 1.807) is 0 Å². The van der Waals surface area contributed by atoms with Crippen molar-refractivity contribution in [3.63, 3.8) is 0 Å². The molecule has 1 aromatic rings. The fourth-order valence-corrected chi connectivity index (χ4v) is 4.85. The summed E-state index contributed by atoms with van der Waals surface area (Å²) in [7, 11) is 0. The van der Waals surface area contributed by atoms with Crippen molar-refractivity contribution >= 4 is 0 Å².